The zero-order chi connectivity index (χ0) is 20.5. The maximum absolute atomic E-state index is 13.1. The van der Waals surface area contributed by atoms with Gasteiger partial charge in [0, 0.05) is 36.5 Å². The molecular weight excluding hydrogens is 368 g/mol. The highest BCUT2D eigenvalue weighted by molar-refractivity contribution is 5.77. The third-order valence-electron chi connectivity index (χ3n) is 5.50. The summed E-state index contributed by atoms with van der Waals surface area (Å²) in [5, 5.41) is 8.65. The van der Waals surface area contributed by atoms with E-state index in [0.29, 0.717) is 31.8 Å². The van der Waals surface area contributed by atoms with Gasteiger partial charge in [0.1, 0.15) is 5.76 Å². The van der Waals surface area contributed by atoms with Crippen molar-refractivity contribution in [1.82, 2.24) is 29.8 Å². The Hall–Kier alpha value is -3.03. The Morgan fingerprint density at radius 2 is 2.14 bits per heavy atom. The number of pyridine rings is 1. The first kappa shape index (κ1) is 19.3. The predicted molar refractivity (Wildman–Crippen MR) is 107 cm³/mol. The van der Waals surface area contributed by atoms with Gasteiger partial charge in [-0.2, -0.15) is 5.10 Å². The van der Waals surface area contributed by atoms with Crippen LogP contribution < -0.4 is 0 Å². The Kier molecular flexibility index (Phi) is 5.17. The maximum atomic E-state index is 13.1. The van der Waals surface area contributed by atoms with E-state index >= 15 is 0 Å². The summed E-state index contributed by atoms with van der Waals surface area (Å²) in [6, 6.07) is 3.73. The molecular formula is C21H26N6O2. The number of nitrogens with zero attached hydrogens (tertiary/aromatic N) is 6. The van der Waals surface area contributed by atoms with Crippen molar-refractivity contribution in [3.05, 3.63) is 47.4 Å². The van der Waals surface area contributed by atoms with Crippen molar-refractivity contribution >= 4 is 5.91 Å². The minimum Gasteiger partial charge on any atom is -0.361 e. The van der Waals surface area contributed by atoms with Gasteiger partial charge in [-0.15, -0.1) is 0 Å². The van der Waals surface area contributed by atoms with E-state index in [0.717, 1.165) is 28.4 Å². The highest BCUT2D eigenvalue weighted by Crippen LogP contribution is 2.33. The van der Waals surface area contributed by atoms with E-state index in [1.54, 1.807) is 12.4 Å². The Labute approximate surface area is 169 Å². The van der Waals surface area contributed by atoms with E-state index < -0.39 is 0 Å². The molecule has 0 N–H and O–H groups in total. The van der Waals surface area contributed by atoms with Crippen molar-refractivity contribution in [2.75, 3.05) is 6.54 Å². The minimum atomic E-state index is -0.0983. The molecule has 0 fully saturated rings. The molecule has 29 heavy (non-hydrogen) atoms. The second kappa shape index (κ2) is 7.77. The highest BCUT2D eigenvalue weighted by Gasteiger charge is 2.35. The molecule has 1 aliphatic heterocycles. The van der Waals surface area contributed by atoms with Crippen molar-refractivity contribution in [2.45, 2.75) is 53.1 Å². The molecule has 4 heterocycles. The number of hydrogen-bond acceptors (Lipinski definition) is 6. The molecule has 4 rings (SSSR count). The quantitative estimate of drug-likeness (QED) is 0.660. The molecule has 8 heteroatoms. The number of carbonyl (C=O) groups excluding carboxylic acids is 1. The fourth-order valence-corrected chi connectivity index (χ4v) is 4.01. The summed E-state index contributed by atoms with van der Waals surface area (Å²) in [4.78, 5) is 24.0. The lowest BCUT2D eigenvalue weighted by atomic mass is 9.98. The van der Waals surface area contributed by atoms with Crippen molar-refractivity contribution in [2.24, 2.45) is 5.92 Å². The zero-order valence-electron chi connectivity index (χ0n) is 17.3. The predicted octanol–water partition coefficient (Wildman–Crippen LogP) is 3.12. The number of aromatic nitrogens is 5. The lowest BCUT2D eigenvalue weighted by Gasteiger charge is -2.37. The van der Waals surface area contributed by atoms with E-state index in [-0.39, 0.29) is 17.9 Å². The van der Waals surface area contributed by atoms with Gasteiger partial charge < -0.3 is 9.42 Å². The van der Waals surface area contributed by atoms with Crippen LogP contribution in [0.1, 0.15) is 49.2 Å². The van der Waals surface area contributed by atoms with Gasteiger partial charge in [0.25, 0.3) is 0 Å². The molecule has 0 saturated carbocycles. The summed E-state index contributed by atoms with van der Waals surface area (Å²) in [5.41, 5.74) is 2.77. The number of fused-ring (bicyclic) bond motifs is 1. The zero-order valence-corrected chi connectivity index (χ0v) is 17.3. The molecule has 0 saturated heterocycles. The largest absolute Gasteiger partial charge is 0.361 e. The Morgan fingerprint density at radius 3 is 2.79 bits per heavy atom. The van der Waals surface area contributed by atoms with Crippen LogP contribution in [0.5, 0.6) is 0 Å². The number of rotatable bonds is 5. The highest BCUT2D eigenvalue weighted by atomic mass is 16.5. The molecule has 1 atom stereocenters. The summed E-state index contributed by atoms with van der Waals surface area (Å²) < 4.78 is 7.16. The van der Waals surface area contributed by atoms with Crippen LogP contribution in [0.25, 0.3) is 11.4 Å². The molecule has 1 amide bonds. The van der Waals surface area contributed by atoms with Crippen molar-refractivity contribution in [3.8, 4) is 11.4 Å². The summed E-state index contributed by atoms with van der Waals surface area (Å²) >= 11 is 0. The summed E-state index contributed by atoms with van der Waals surface area (Å²) in [7, 11) is 0. The Morgan fingerprint density at radius 1 is 1.31 bits per heavy atom. The standard InChI is InChI=1S/C21H26N6O2/c1-13(2)19-21-23-20(16-6-5-9-22-12-16)24-27(21)11-10-26(19)18(28)8-7-17-14(3)25-29-15(17)4/h5-6,9,12-13,19H,7-8,10-11H2,1-4H3/t19-/m1/s1. The normalized spacial score (nSPS) is 16.3. The van der Waals surface area contributed by atoms with E-state index in [1.165, 1.54) is 0 Å². The fraction of sp³-hybridized carbons (Fsp3) is 0.476. The monoisotopic (exact) mass is 394 g/mol. The molecule has 3 aromatic heterocycles. The summed E-state index contributed by atoms with van der Waals surface area (Å²) in [6.45, 7) is 9.31. The first-order chi connectivity index (χ1) is 14.0. The van der Waals surface area contributed by atoms with Gasteiger partial charge in [-0.05, 0) is 38.3 Å². The van der Waals surface area contributed by atoms with Crippen molar-refractivity contribution in [1.29, 1.82) is 0 Å². The van der Waals surface area contributed by atoms with Crippen LogP contribution in [0.15, 0.2) is 29.0 Å². The number of amides is 1. The topological polar surface area (TPSA) is 89.9 Å². The average Bonchev–Trinajstić information content (AvgIpc) is 3.29. The van der Waals surface area contributed by atoms with Crippen LogP contribution in [0.2, 0.25) is 0 Å². The second-order valence-corrected chi connectivity index (χ2v) is 7.84. The summed E-state index contributed by atoms with van der Waals surface area (Å²) in [5.74, 6) is 2.64. The molecule has 0 aromatic carbocycles. The van der Waals surface area contributed by atoms with E-state index in [4.69, 9.17) is 9.51 Å². The van der Waals surface area contributed by atoms with Gasteiger partial charge >= 0.3 is 0 Å². The molecule has 1 aliphatic rings. The average molecular weight is 394 g/mol. The molecule has 0 aliphatic carbocycles. The second-order valence-electron chi connectivity index (χ2n) is 7.84. The van der Waals surface area contributed by atoms with Gasteiger partial charge in [0.15, 0.2) is 11.6 Å². The van der Waals surface area contributed by atoms with Crippen molar-refractivity contribution in [3.63, 3.8) is 0 Å². The van der Waals surface area contributed by atoms with Gasteiger partial charge in [-0.25, -0.2) is 9.67 Å². The van der Waals surface area contributed by atoms with E-state index in [9.17, 15) is 4.79 Å². The SMILES string of the molecule is Cc1noc(C)c1CCC(=O)N1CCn2nc(-c3cccnc3)nc2[C@H]1C(C)C. The van der Waals surface area contributed by atoms with Crippen LogP contribution in [0.4, 0.5) is 0 Å². The molecule has 0 bridgehead atoms. The Balaban J connectivity index is 1.56. The van der Waals surface area contributed by atoms with Crippen molar-refractivity contribution < 1.29 is 9.32 Å². The number of hydrogen-bond donors (Lipinski definition) is 0. The van der Waals surface area contributed by atoms with Crippen LogP contribution >= 0.6 is 0 Å². The summed E-state index contributed by atoms with van der Waals surface area (Å²) in [6.07, 6.45) is 4.55. The van der Waals surface area contributed by atoms with Gasteiger partial charge in [0.05, 0.1) is 18.3 Å². The lowest BCUT2D eigenvalue weighted by Crippen LogP contribution is -2.44. The molecule has 152 valence electrons. The number of carbonyl (C=O) groups is 1. The lowest BCUT2D eigenvalue weighted by molar-refractivity contribution is -0.136. The fourth-order valence-electron chi connectivity index (χ4n) is 4.01. The van der Waals surface area contributed by atoms with Crippen LogP contribution in [-0.4, -0.2) is 42.3 Å². The first-order valence-corrected chi connectivity index (χ1v) is 10.0. The molecule has 3 aromatic rings. The van der Waals surface area contributed by atoms with Gasteiger partial charge in [0.2, 0.25) is 5.91 Å². The molecule has 0 radical (unpaired) electrons. The molecule has 0 spiro atoms. The van der Waals surface area contributed by atoms with Crippen LogP contribution in [0, 0.1) is 19.8 Å². The van der Waals surface area contributed by atoms with E-state index in [2.05, 4.69) is 29.1 Å². The minimum absolute atomic E-state index is 0.0983. The third-order valence-corrected chi connectivity index (χ3v) is 5.50. The smallest absolute Gasteiger partial charge is 0.223 e. The molecule has 0 unspecified atom stereocenters. The van der Waals surface area contributed by atoms with Crippen LogP contribution in [0.3, 0.4) is 0 Å². The van der Waals surface area contributed by atoms with E-state index in [1.807, 2.05) is 35.6 Å². The van der Waals surface area contributed by atoms with Gasteiger partial charge in [-0.3, -0.25) is 9.78 Å². The first-order valence-electron chi connectivity index (χ1n) is 10.0. The third kappa shape index (κ3) is 3.66. The van der Waals surface area contributed by atoms with Gasteiger partial charge in [-0.1, -0.05) is 19.0 Å². The molecule has 8 nitrogen and oxygen atoms in total. The Bertz CT molecular complexity index is 988. The number of aryl methyl sites for hydroxylation is 2. The maximum Gasteiger partial charge on any atom is 0.223 e. The van der Waals surface area contributed by atoms with Crippen LogP contribution in [-0.2, 0) is 17.8 Å².